The van der Waals surface area contributed by atoms with Crippen LogP contribution in [0.4, 0.5) is 0 Å². The van der Waals surface area contributed by atoms with Crippen LogP contribution >= 0.6 is 11.3 Å². The number of benzene rings is 8. The lowest BCUT2D eigenvalue weighted by molar-refractivity contribution is 0.436. The van der Waals surface area contributed by atoms with E-state index in [0.29, 0.717) is 0 Å². The summed E-state index contributed by atoms with van der Waals surface area (Å²) in [5.41, 5.74) is 14.9. The third-order valence-electron chi connectivity index (χ3n) is 12.0. The summed E-state index contributed by atoms with van der Waals surface area (Å²) < 4.78 is 9.03. The number of fused-ring (bicyclic) bond motifs is 12. The lowest BCUT2D eigenvalue weighted by Gasteiger charge is -2.39. The topological polar surface area (TPSA) is 33.6 Å². The van der Waals surface area contributed by atoms with E-state index in [1.165, 1.54) is 60.2 Å². The average Bonchev–Trinajstić information content (AvgIpc) is 3.81. The van der Waals surface area contributed by atoms with Crippen molar-refractivity contribution in [3.63, 3.8) is 0 Å². The van der Waals surface area contributed by atoms with Gasteiger partial charge in [-0.05, 0) is 86.5 Å². The van der Waals surface area contributed by atoms with Gasteiger partial charge < -0.3 is 10.1 Å². The first-order valence-corrected chi connectivity index (χ1v) is 20.3. The molecule has 2 aliphatic heterocycles. The first-order valence-electron chi connectivity index (χ1n) is 19.5. The zero-order chi connectivity index (χ0) is 37.5. The highest BCUT2D eigenvalue weighted by Crippen LogP contribution is 2.62. The van der Waals surface area contributed by atoms with Crippen molar-refractivity contribution in [2.45, 2.75) is 11.6 Å². The van der Waals surface area contributed by atoms with Crippen molar-refractivity contribution in [1.29, 1.82) is 0 Å². The normalized spacial score (nSPS) is 15.4. The Morgan fingerprint density at radius 1 is 0.491 bits per heavy atom. The lowest BCUT2D eigenvalue weighted by Crippen LogP contribution is -2.37. The maximum atomic E-state index is 6.64. The largest absolute Gasteiger partial charge is 0.457 e. The van der Waals surface area contributed by atoms with Crippen molar-refractivity contribution >= 4 is 27.1 Å². The number of para-hydroxylation sites is 2. The predicted molar refractivity (Wildman–Crippen MR) is 232 cm³/mol. The fourth-order valence-electron chi connectivity index (χ4n) is 9.57. The van der Waals surface area contributed by atoms with E-state index in [0.717, 1.165) is 43.8 Å². The van der Waals surface area contributed by atoms with Crippen molar-refractivity contribution in [2.24, 2.45) is 4.99 Å². The molecule has 1 aliphatic carbocycles. The minimum Gasteiger partial charge on any atom is -0.457 e. The molecule has 3 heterocycles. The molecule has 8 aromatic carbocycles. The number of nitrogens with one attached hydrogen (secondary N) is 1. The smallest absolute Gasteiger partial charge is 0.145 e. The molecule has 0 bridgehead atoms. The zero-order valence-electron chi connectivity index (χ0n) is 30.8. The Morgan fingerprint density at radius 2 is 1.05 bits per heavy atom. The molecule has 0 amide bonds. The van der Waals surface area contributed by atoms with E-state index in [2.05, 4.69) is 199 Å². The SMILES string of the molecule is c1ccc(-c2cc(-c3ccccc3)cc(C3N=c4c(sc5ccccc45)=C(c4cccc5c4-c4ccccc4C54c5ccccc5Oc5ccccc54)N3)c2)cc1. The molecule has 0 saturated carbocycles. The van der Waals surface area contributed by atoms with Gasteiger partial charge in [0, 0.05) is 26.8 Å². The molecule has 0 saturated heterocycles. The number of ether oxygens (including phenoxy) is 1. The number of thiophene rings is 1. The van der Waals surface area contributed by atoms with Crippen molar-refractivity contribution in [2.75, 3.05) is 0 Å². The molecule has 3 nitrogen and oxygen atoms in total. The lowest BCUT2D eigenvalue weighted by atomic mass is 9.66. The number of nitrogens with zero attached hydrogens (tertiary/aromatic N) is 1. The van der Waals surface area contributed by atoms with Crippen LogP contribution in [0.25, 0.3) is 49.2 Å². The van der Waals surface area contributed by atoms with Gasteiger partial charge in [0.05, 0.1) is 21.0 Å². The van der Waals surface area contributed by atoms with Gasteiger partial charge in [-0.3, -0.25) is 4.99 Å². The van der Waals surface area contributed by atoms with Crippen LogP contribution in [0.2, 0.25) is 0 Å². The maximum absolute atomic E-state index is 6.64. The Kier molecular flexibility index (Phi) is 7.08. The summed E-state index contributed by atoms with van der Waals surface area (Å²) >= 11 is 1.82. The number of hydrogen-bond acceptors (Lipinski definition) is 4. The predicted octanol–water partition coefficient (Wildman–Crippen LogP) is 11.8. The fourth-order valence-corrected chi connectivity index (χ4v) is 10.7. The van der Waals surface area contributed by atoms with Crippen molar-refractivity contribution in [1.82, 2.24) is 5.32 Å². The summed E-state index contributed by atoms with van der Waals surface area (Å²) in [6.45, 7) is 0. The van der Waals surface area contributed by atoms with Gasteiger partial charge in [-0.15, -0.1) is 11.3 Å². The second-order valence-electron chi connectivity index (χ2n) is 15.0. The van der Waals surface area contributed by atoms with Crippen molar-refractivity contribution < 1.29 is 4.74 Å². The summed E-state index contributed by atoms with van der Waals surface area (Å²) in [6, 6.07) is 70.0. The van der Waals surface area contributed by atoms with Crippen molar-refractivity contribution in [3.8, 4) is 44.9 Å². The minimum atomic E-state index is -0.552. The molecule has 9 aromatic rings. The number of hydrogen-bond donors (Lipinski definition) is 1. The van der Waals surface area contributed by atoms with E-state index >= 15 is 0 Å². The van der Waals surface area contributed by atoms with E-state index in [9.17, 15) is 0 Å². The molecular formula is C53H34N2OS. The van der Waals surface area contributed by atoms with Crippen LogP contribution in [0, 0.1) is 0 Å². The van der Waals surface area contributed by atoms with Gasteiger partial charge in [0.2, 0.25) is 0 Å². The Bertz CT molecular complexity index is 3100. The first-order chi connectivity index (χ1) is 28.3. The second kappa shape index (κ2) is 12.5. The Balaban J connectivity index is 1.13. The van der Waals surface area contributed by atoms with Gasteiger partial charge in [0.1, 0.15) is 17.7 Å². The molecule has 1 aromatic heterocycles. The molecular weight excluding hydrogens is 713 g/mol. The molecule has 1 unspecified atom stereocenters. The summed E-state index contributed by atoms with van der Waals surface area (Å²) in [5.74, 6) is 1.79. The monoisotopic (exact) mass is 746 g/mol. The maximum Gasteiger partial charge on any atom is 0.145 e. The van der Waals surface area contributed by atoms with Crippen LogP contribution in [0.3, 0.4) is 0 Å². The molecule has 1 N–H and O–H groups in total. The minimum absolute atomic E-state index is 0.331. The van der Waals surface area contributed by atoms with Crippen molar-refractivity contribution in [3.05, 3.63) is 237 Å². The molecule has 4 heteroatoms. The summed E-state index contributed by atoms with van der Waals surface area (Å²) in [5, 5.41) is 6.31. The van der Waals surface area contributed by atoms with E-state index in [1.807, 2.05) is 11.3 Å². The highest BCUT2D eigenvalue weighted by molar-refractivity contribution is 7.17. The molecule has 57 heavy (non-hydrogen) atoms. The summed E-state index contributed by atoms with van der Waals surface area (Å²) in [6.07, 6.45) is -0.331. The van der Waals surface area contributed by atoms with Crippen LogP contribution in [0.5, 0.6) is 11.5 Å². The molecule has 1 atom stereocenters. The van der Waals surface area contributed by atoms with Gasteiger partial charge in [-0.25, -0.2) is 0 Å². The quantitative estimate of drug-likeness (QED) is 0.195. The van der Waals surface area contributed by atoms with E-state index in [1.54, 1.807) is 0 Å². The van der Waals surface area contributed by atoms with Gasteiger partial charge in [-0.1, -0.05) is 158 Å². The Hall–Kier alpha value is -7.01. The average molecular weight is 747 g/mol. The molecule has 12 rings (SSSR count). The van der Waals surface area contributed by atoms with Gasteiger partial charge in [0.25, 0.3) is 0 Å². The third-order valence-corrected chi connectivity index (χ3v) is 13.1. The second-order valence-corrected chi connectivity index (χ2v) is 16.1. The standard InChI is InChI=1S/C53H34N2OS/c1-3-16-33(17-4-1)35-30-36(34-18-5-2-6-19-34)32-37(31-35)52-54-49-39-21-8-14-29-47(39)57-51(49)50(55-52)40-22-15-26-44-48(40)38-20-7-9-23-41(38)53(44)42-24-10-12-27-45(42)56-46-28-13-11-25-43(46)53/h1-32,52,55H. The van der Waals surface area contributed by atoms with Gasteiger partial charge >= 0.3 is 0 Å². The van der Waals surface area contributed by atoms with Crippen LogP contribution in [-0.4, -0.2) is 0 Å². The van der Waals surface area contributed by atoms with Crippen LogP contribution < -0.4 is 19.9 Å². The van der Waals surface area contributed by atoms with Gasteiger partial charge in [0.15, 0.2) is 0 Å². The Morgan fingerprint density at radius 3 is 1.75 bits per heavy atom. The van der Waals surface area contributed by atoms with Gasteiger partial charge in [-0.2, -0.15) is 0 Å². The zero-order valence-corrected chi connectivity index (χ0v) is 31.6. The summed E-state index contributed by atoms with van der Waals surface area (Å²) in [7, 11) is 0. The first kappa shape index (κ1) is 32.3. The highest BCUT2D eigenvalue weighted by atomic mass is 32.1. The van der Waals surface area contributed by atoms with E-state index in [-0.39, 0.29) is 6.17 Å². The molecule has 1 spiro atoms. The highest BCUT2D eigenvalue weighted by Gasteiger charge is 2.51. The van der Waals surface area contributed by atoms with Crippen LogP contribution in [-0.2, 0) is 5.41 Å². The molecule has 0 fully saturated rings. The summed E-state index contributed by atoms with van der Waals surface area (Å²) in [4.78, 5) is 5.59. The molecule has 3 aliphatic rings. The Labute approximate surface area is 334 Å². The van der Waals surface area contributed by atoms with Crippen LogP contribution in [0.1, 0.15) is 39.5 Å². The van der Waals surface area contributed by atoms with Crippen LogP contribution in [0.15, 0.2) is 199 Å². The molecule has 0 radical (unpaired) electrons. The number of rotatable bonds is 4. The third kappa shape index (κ3) is 4.74. The molecule has 268 valence electrons. The van der Waals surface area contributed by atoms with E-state index < -0.39 is 5.41 Å². The van der Waals surface area contributed by atoms with E-state index in [4.69, 9.17) is 9.73 Å². The fraction of sp³-hybridized carbons (Fsp3) is 0.0377.